The minimum Gasteiger partial charge on any atom is -0.497 e. The largest absolute Gasteiger partial charge is 0.497 e. The van der Waals surface area contributed by atoms with Gasteiger partial charge in [-0.25, -0.2) is 12.8 Å². The number of benzene rings is 2. The lowest BCUT2D eigenvalue weighted by atomic mass is 10.1. The Labute approximate surface area is 197 Å². The molecule has 0 bridgehead atoms. The molecule has 11 heteroatoms. The molecule has 1 unspecified atom stereocenters. The molecule has 2 heterocycles. The van der Waals surface area contributed by atoms with Crippen LogP contribution in [0.2, 0.25) is 0 Å². The van der Waals surface area contributed by atoms with Gasteiger partial charge in [0, 0.05) is 25.3 Å². The molecule has 2 saturated heterocycles. The molecular formula is C23H26FN3O6S. The molecule has 0 radical (unpaired) electrons. The molecule has 34 heavy (non-hydrogen) atoms. The third-order valence-corrected chi connectivity index (χ3v) is 7.84. The highest BCUT2D eigenvalue weighted by Gasteiger charge is 2.36. The summed E-state index contributed by atoms with van der Waals surface area (Å²) in [6, 6.07) is 9.13. The minimum atomic E-state index is -3.91. The second-order valence-corrected chi connectivity index (χ2v) is 9.97. The fourth-order valence-corrected chi connectivity index (χ4v) is 5.54. The molecule has 2 fully saturated rings. The first-order chi connectivity index (χ1) is 16.3. The lowest BCUT2D eigenvalue weighted by molar-refractivity contribution is -0.119. The molecule has 2 aliphatic heterocycles. The van der Waals surface area contributed by atoms with E-state index in [4.69, 9.17) is 9.47 Å². The summed E-state index contributed by atoms with van der Waals surface area (Å²) >= 11 is 0. The third kappa shape index (κ3) is 4.91. The predicted octanol–water partition coefficient (Wildman–Crippen LogP) is 2.10. The molecule has 2 aromatic carbocycles. The van der Waals surface area contributed by atoms with Crippen LogP contribution in [0.3, 0.4) is 0 Å². The summed E-state index contributed by atoms with van der Waals surface area (Å²) in [4.78, 5) is 27.2. The van der Waals surface area contributed by atoms with Crippen molar-refractivity contribution in [2.45, 2.75) is 23.8 Å². The number of rotatable bonds is 6. The Kier molecular flexibility index (Phi) is 7.15. The number of carbonyl (C=O) groups is 2. The summed E-state index contributed by atoms with van der Waals surface area (Å²) in [7, 11) is -2.37. The van der Waals surface area contributed by atoms with Gasteiger partial charge in [-0.1, -0.05) is 0 Å². The van der Waals surface area contributed by atoms with E-state index in [-0.39, 0.29) is 43.3 Å². The zero-order valence-electron chi connectivity index (χ0n) is 18.7. The molecule has 0 aromatic heterocycles. The van der Waals surface area contributed by atoms with E-state index in [1.807, 2.05) is 0 Å². The number of nitrogens with zero attached hydrogens (tertiary/aromatic N) is 2. The first-order valence-electron chi connectivity index (χ1n) is 10.9. The number of carbonyl (C=O) groups excluding carboxylic acids is 2. The van der Waals surface area contributed by atoms with Crippen molar-refractivity contribution in [2.24, 2.45) is 0 Å². The van der Waals surface area contributed by atoms with Gasteiger partial charge in [-0.3, -0.25) is 9.59 Å². The fraction of sp³-hybridized carbons (Fsp3) is 0.391. The van der Waals surface area contributed by atoms with Gasteiger partial charge >= 0.3 is 0 Å². The summed E-state index contributed by atoms with van der Waals surface area (Å²) in [5.74, 6) is -1.32. The summed E-state index contributed by atoms with van der Waals surface area (Å²) < 4.78 is 52.1. The Morgan fingerprint density at radius 2 is 1.79 bits per heavy atom. The van der Waals surface area contributed by atoms with Crippen LogP contribution in [-0.4, -0.2) is 75.4 Å². The summed E-state index contributed by atoms with van der Waals surface area (Å²) in [5.41, 5.74) is 0.161. The highest BCUT2D eigenvalue weighted by Crippen LogP contribution is 2.26. The zero-order valence-corrected chi connectivity index (χ0v) is 19.5. The summed E-state index contributed by atoms with van der Waals surface area (Å²) in [6.45, 7) is 1.17. The lowest BCUT2D eigenvalue weighted by Crippen LogP contribution is -2.43. The molecule has 2 amide bonds. The highest BCUT2D eigenvalue weighted by atomic mass is 32.2. The normalized spacial score (nSPS) is 19.1. The number of methoxy groups -OCH3 is 1. The molecule has 0 aliphatic carbocycles. The van der Waals surface area contributed by atoms with Gasteiger partial charge in [0.25, 0.3) is 5.91 Å². The number of ether oxygens (including phenoxy) is 2. The Hall–Kier alpha value is -3.02. The Balaban J connectivity index is 1.54. The van der Waals surface area contributed by atoms with Crippen molar-refractivity contribution in [1.29, 1.82) is 0 Å². The quantitative estimate of drug-likeness (QED) is 0.664. The van der Waals surface area contributed by atoms with E-state index in [0.29, 0.717) is 24.3 Å². The van der Waals surface area contributed by atoms with Gasteiger partial charge in [0.2, 0.25) is 15.9 Å². The van der Waals surface area contributed by atoms with Gasteiger partial charge in [-0.05, 0) is 55.3 Å². The molecule has 0 saturated carbocycles. The van der Waals surface area contributed by atoms with Gasteiger partial charge < -0.3 is 19.7 Å². The molecule has 2 aliphatic rings. The van der Waals surface area contributed by atoms with Crippen molar-refractivity contribution in [1.82, 2.24) is 9.21 Å². The van der Waals surface area contributed by atoms with E-state index < -0.39 is 33.7 Å². The molecular weight excluding hydrogens is 465 g/mol. The van der Waals surface area contributed by atoms with Crippen molar-refractivity contribution < 1.29 is 31.9 Å². The van der Waals surface area contributed by atoms with E-state index in [1.165, 1.54) is 16.3 Å². The Morgan fingerprint density at radius 3 is 2.47 bits per heavy atom. The maximum absolute atomic E-state index is 14.7. The van der Waals surface area contributed by atoms with Crippen LogP contribution in [0, 0.1) is 5.82 Å². The van der Waals surface area contributed by atoms with E-state index in [2.05, 4.69) is 5.32 Å². The van der Waals surface area contributed by atoms with Crippen molar-refractivity contribution in [3.05, 3.63) is 53.8 Å². The molecule has 9 nitrogen and oxygen atoms in total. The van der Waals surface area contributed by atoms with E-state index >= 15 is 0 Å². The van der Waals surface area contributed by atoms with Crippen LogP contribution >= 0.6 is 0 Å². The standard InChI is InChI=1S/C23H26FN3O6S/c1-32-17-6-4-16(5-7-17)25-22(28)21-3-2-10-27(21)23(29)19-15-18(8-9-20(19)24)34(30,31)26-11-13-33-14-12-26/h4-9,15,21H,2-3,10-14H2,1H3,(H,25,28). The molecule has 2 aromatic rings. The van der Waals surface area contributed by atoms with Crippen LogP contribution in [0.25, 0.3) is 0 Å². The van der Waals surface area contributed by atoms with Crippen LogP contribution in [0.15, 0.2) is 47.4 Å². The highest BCUT2D eigenvalue weighted by molar-refractivity contribution is 7.89. The Morgan fingerprint density at radius 1 is 1.09 bits per heavy atom. The monoisotopic (exact) mass is 491 g/mol. The number of amides is 2. The molecule has 1 atom stereocenters. The van der Waals surface area contributed by atoms with E-state index in [1.54, 1.807) is 24.3 Å². The van der Waals surface area contributed by atoms with Gasteiger partial charge in [-0.2, -0.15) is 4.31 Å². The van der Waals surface area contributed by atoms with E-state index in [0.717, 1.165) is 18.2 Å². The average Bonchev–Trinajstić information content (AvgIpc) is 3.35. The van der Waals surface area contributed by atoms with Crippen molar-refractivity contribution >= 4 is 27.5 Å². The second-order valence-electron chi connectivity index (χ2n) is 8.03. The number of likely N-dealkylation sites (tertiary alicyclic amines) is 1. The molecule has 4 rings (SSSR count). The maximum atomic E-state index is 14.7. The van der Waals surface area contributed by atoms with Crippen molar-refractivity contribution in [3.8, 4) is 5.75 Å². The van der Waals surface area contributed by atoms with Crippen molar-refractivity contribution in [3.63, 3.8) is 0 Å². The molecule has 1 N–H and O–H groups in total. The van der Waals surface area contributed by atoms with Crippen LogP contribution in [0.1, 0.15) is 23.2 Å². The van der Waals surface area contributed by atoms with Crippen molar-refractivity contribution in [2.75, 3.05) is 45.3 Å². The molecule has 0 spiro atoms. The average molecular weight is 492 g/mol. The van der Waals surface area contributed by atoms with Gasteiger partial charge in [0.1, 0.15) is 17.6 Å². The number of anilines is 1. The number of hydrogen-bond donors (Lipinski definition) is 1. The first-order valence-corrected chi connectivity index (χ1v) is 12.4. The van der Waals surface area contributed by atoms with E-state index in [9.17, 15) is 22.4 Å². The van der Waals surface area contributed by atoms with Crippen LogP contribution in [-0.2, 0) is 19.6 Å². The molecule has 182 valence electrons. The third-order valence-electron chi connectivity index (χ3n) is 5.95. The number of morpholine rings is 1. The SMILES string of the molecule is COc1ccc(NC(=O)C2CCCN2C(=O)c2cc(S(=O)(=O)N3CCOCC3)ccc2F)cc1. The topological polar surface area (TPSA) is 105 Å². The van der Waals surface area contributed by atoms with Gasteiger partial charge in [0.15, 0.2) is 0 Å². The first kappa shape index (κ1) is 24.1. The smallest absolute Gasteiger partial charge is 0.257 e. The summed E-state index contributed by atoms with van der Waals surface area (Å²) in [5, 5.41) is 2.77. The summed E-state index contributed by atoms with van der Waals surface area (Å²) in [6.07, 6.45) is 0.987. The second kappa shape index (κ2) is 10.1. The van der Waals surface area contributed by atoms with Crippen LogP contribution in [0.4, 0.5) is 10.1 Å². The maximum Gasteiger partial charge on any atom is 0.257 e. The van der Waals surface area contributed by atoms with Crippen LogP contribution in [0.5, 0.6) is 5.75 Å². The number of halogens is 1. The number of hydrogen-bond acceptors (Lipinski definition) is 6. The van der Waals surface area contributed by atoms with Gasteiger partial charge in [-0.15, -0.1) is 0 Å². The minimum absolute atomic E-state index is 0.169. The zero-order chi connectivity index (χ0) is 24.3. The lowest BCUT2D eigenvalue weighted by Gasteiger charge is -2.27. The predicted molar refractivity (Wildman–Crippen MR) is 122 cm³/mol. The van der Waals surface area contributed by atoms with Crippen LogP contribution < -0.4 is 10.1 Å². The fourth-order valence-electron chi connectivity index (χ4n) is 4.10. The Bertz CT molecular complexity index is 1170. The number of sulfonamides is 1. The number of nitrogens with one attached hydrogen (secondary N) is 1. The van der Waals surface area contributed by atoms with Gasteiger partial charge in [0.05, 0.1) is 30.8 Å².